The summed E-state index contributed by atoms with van der Waals surface area (Å²) >= 11 is 0. The maximum atomic E-state index is 5.75. The van der Waals surface area contributed by atoms with Gasteiger partial charge in [0.1, 0.15) is 0 Å². The van der Waals surface area contributed by atoms with Gasteiger partial charge in [0.25, 0.3) is 0 Å². The SMILES string of the molecule is CCCC(C)COc1cccc(CNCC(C)C)n1. The third-order valence-corrected chi connectivity index (χ3v) is 2.94. The lowest BCUT2D eigenvalue weighted by Gasteiger charge is -2.12. The lowest BCUT2D eigenvalue weighted by Crippen LogP contribution is -2.19. The highest BCUT2D eigenvalue weighted by Gasteiger charge is 2.04. The highest BCUT2D eigenvalue weighted by molar-refractivity contribution is 5.15. The van der Waals surface area contributed by atoms with E-state index in [9.17, 15) is 0 Å². The molecule has 0 aliphatic heterocycles. The van der Waals surface area contributed by atoms with E-state index in [0.717, 1.165) is 31.3 Å². The Morgan fingerprint density at radius 2 is 2.05 bits per heavy atom. The number of ether oxygens (including phenoxy) is 1. The fraction of sp³-hybridized carbons (Fsp3) is 0.688. The molecule has 0 spiro atoms. The van der Waals surface area contributed by atoms with Gasteiger partial charge < -0.3 is 10.1 Å². The van der Waals surface area contributed by atoms with Gasteiger partial charge in [-0.05, 0) is 30.9 Å². The van der Waals surface area contributed by atoms with Gasteiger partial charge in [-0.15, -0.1) is 0 Å². The number of hydrogen-bond donors (Lipinski definition) is 1. The van der Waals surface area contributed by atoms with E-state index in [0.29, 0.717) is 11.8 Å². The van der Waals surface area contributed by atoms with Crippen molar-refractivity contribution in [3.63, 3.8) is 0 Å². The number of hydrogen-bond acceptors (Lipinski definition) is 3. The minimum atomic E-state index is 0.592. The molecule has 0 saturated carbocycles. The van der Waals surface area contributed by atoms with Crippen LogP contribution in [0.3, 0.4) is 0 Å². The van der Waals surface area contributed by atoms with Crippen LogP contribution in [-0.4, -0.2) is 18.1 Å². The molecule has 1 aromatic rings. The summed E-state index contributed by atoms with van der Waals surface area (Å²) < 4.78 is 5.75. The maximum absolute atomic E-state index is 5.75. The van der Waals surface area contributed by atoms with Crippen LogP contribution in [0.2, 0.25) is 0 Å². The molecule has 0 amide bonds. The zero-order valence-corrected chi connectivity index (χ0v) is 12.8. The van der Waals surface area contributed by atoms with Crippen molar-refractivity contribution >= 4 is 0 Å². The molecular formula is C16H28N2O. The zero-order valence-electron chi connectivity index (χ0n) is 12.8. The van der Waals surface area contributed by atoms with Gasteiger partial charge in [-0.1, -0.05) is 40.2 Å². The molecule has 0 radical (unpaired) electrons. The topological polar surface area (TPSA) is 34.1 Å². The molecule has 1 heterocycles. The van der Waals surface area contributed by atoms with E-state index in [1.165, 1.54) is 12.8 Å². The average molecular weight is 264 g/mol. The quantitative estimate of drug-likeness (QED) is 0.739. The minimum absolute atomic E-state index is 0.592. The Hall–Kier alpha value is -1.09. The number of nitrogens with zero attached hydrogens (tertiary/aromatic N) is 1. The summed E-state index contributed by atoms with van der Waals surface area (Å²) in [5.41, 5.74) is 1.04. The first kappa shape index (κ1) is 16.0. The van der Waals surface area contributed by atoms with Crippen LogP contribution in [0.4, 0.5) is 0 Å². The monoisotopic (exact) mass is 264 g/mol. The van der Waals surface area contributed by atoms with Crippen molar-refractivity contribution in [2.45, 2.75) is 47.1 Å². The van der Waals surface area contributed by atoms with Gasteiger partial charge >= 0.3 is 0 Å². The van der Waals surface area contributed by atoms with E-state index >= 15 is 0 Å². The molecular weight excluding hydrogens is 236 g/mol. The van der Waals surface area contributed by atoms with E-state index in [1.807, 2.05) is 18.2 Å². The molecule has 19 heavy (non-hydrogen) atoms. The first-order chi connectivity index (χ1) is 9.11. The summed E-state index contributed by atoms with van der Waals surface area (Å²) in [6.45, 7) is 11.4. The molecule has 0 fully saturated rings. The van der Waals surface area contributed by atoms with Crippen molar-refractivity contribution in [2.24, 2.45) is 11.8 Å². The molecule has 0 aromatic carbocycles. The molecule has 3 nitrogen and oxygen atoms in total. The van der Waals surface area contributed by atoms with Gasteiger partial charge in [-0.25, -0.2) is 4.98 Å². The summed E-state index contributed by atoms with van der Waals surface area (Å²) in [6.07, 6.45) is 2.41. The van der Waals surface area contributed by atoms with Gasteiger partial charge in [0.05, 0.1) is 12.3 Å². The highest BCUT2D eigenvalue weighted by Crippen LogP contribution is 2.11. The van der Waals surface area contributed by atoms with Gasteiger partial charge in [0.15, 0.2) is 0 Å². The molecule has 3 heteroatoms. The second-order valence-corrected chi connectivity index (χ2v) is 5.70. The van der Waals surface area contributed by atoms with Gasteiger partial charge in [-0.3, -0.25) is 0 Å². The maximum Gasteiger partial charge on any atom is 0.213 e. The van der Waals surface area contributed by atoms with Crippen molar-refractivity contribution < 1.29 is 4.74 Å². The molecule has 1 rings (SSSR count). The number of rotatable bonds is 9. The lowest BCUT2D eigenvalue weighted by molar-refractivity contribution is 0.242. The summed E-state index contributed by atoms with van der Waals surface area (Å²) in [4.78, 5) is 4.52. The summed E-state index contributed by atoms with van der Waals surface area (Å²) in [5, 5.41) is 3.40. The predicted octanol–water partition coefficient (Wildman–Crippen LogP) is 3.64. The van der Waals surface area contributed by atoms with Crippen LogP contribution in [0.15, 0.2) is 18.2 Å². The van der Waals surface area contributed by atoms with E-state index in [2.05, 4.69) is 38.0 Å². The van der Waals surface area contributed by atoms with Crippen LogP contribution in [0, 0.1) is 11.8 Å². The second-order valence-electron chi connectivity index (χ2n) is 5.70. The number of aromatic nitrogens is 1. The molecule has 0 saturated heterocycles. The standard InChI is InChI=1S/C16H28N2O/c1-5-7-14(4)12-19-16-9-6-8-15(18-16)11-17-10-13(2)3/h6,8-9,13-14,17H,5,7,10-12H2,1-4H3. The molecule has 1 unspecified atom stereocenters. The fourth-order valence-corrected chi connectivity index (χ4v) is 1.93. The van der Waals surface area contributed by atoms with Crippen molar-refractivity contribution in [1.29, 1.82) is 0 Å². The highest BCUT2D eigenvalue weighted by atomic mass is 16.5. The third kappa shape index (κ3) is 7.16. The largest absolute Gasteiger partial charge is 0.477 e. The lowest BCUT2D eigenvalue weighted by atomic mass is 10.1. The van der Waals surface area contributed by atoms with Crippen LogP contribution in [0.1, 0.15) is 46.2 Å². The first-order valence-corrected chi connectivity index (χ1v) is 7.41. The van der Waals surface area contributed by atoms with Crippen molar-refractivity contribution in [1.82, 2.24) is 10.3 Å². The smallest absolute Gasteiger partial charge is 0.213 e. The molecule has 0 bridgehead atoms. The normalized spacial score (nSPS) is 12.7. The van der Waals surface area contributed by atoms with Gasteiger partial charge in [0.2, 0.25) is 5.88 Å². The molecule has 0 aliphatic rings. The third-order valence-electron chi connectivity index (χ3n) is 2.94. The minimum Gasteiger partial charge on any atom is -0.477 e. The van der Waals surface area contributed by atoms with Crippen LogP contribution in [-0.2, 0) is 6.54 Å². The van der Waals surface area contributed by atoms with Gasteiger partial charge in [0, 0.05) is 12.6 Å². The number of nitrogens with one attached hydrogen (secondary N) is 1. The van der Waals surface area contributed by atoms with E-state index in [1.54, 1.807) is 0 Å². The van der Waals surface area contributed by atoms with Crippen LogP contribution in [0.5, 0.6) is 5.88 Å². The van der Waals surface area contributed by atoms with E-state index in [4.69, 9.17) is 4.74 Å². The molecule has 1 atom stereocenters. The Labute approximate surface area is 117 Å². The van der Waals surface area contributed by atoms with Crippen molar-refractivity contribution in [3.05, 3.63) is 23.9 Å². The zero-order chi connectivity index (χ0) is 14.1. The Balaban J connectivity index is 2.38. The van der Waals surface area contributed by atoms with Crippen LogP contribution < -0.4 is 10.1 Å². The Kier molecular flexibility index (Phi) is 7.49. The van der Waals surface area contributed by atoms with Crippen LogP contribution in [0.25, 0.3) is 0 Å². The van der Waals surface area contributed by atoms with Crippen molar-refractivity contribution in [3.8, 4) is 5.88 Å². The molecule has 108 valence electrons. The summed E-state index contributed by atoms with van der Waals surface area (Å²) in [5.74, 6) is 2.00. The number of pyridine rings is 1. The Morgan fingerprint density at radius 3 is 2.74 bits per heavy atom. The Morgan fingerprint density at radius 1 is 1.26 bits per heavy atom. The summed E-state index contributed by atoms with van der Waals surface area (Å²) in [6, 6.07) is 5.99. The fourth-order valence-electron chi connectivity index (χ4n) is 1.93. The average Bonchev–Trinajstić information content (AvgIpc) is 2.37. The summed E-state index contributed by atoms with van der Waals surface area (Å²) in [7, 11) is 0. The molecule has 1 aromatic heterocycles. The van der Waals surface area contributed by atoms with E-state index in [-0.39, 0.29) is 0 Å². The van der Waals surface area contributed by atoms with Gasteiger partial charge in [-0.2, -0.15) is 0 Å². The van der Waals surface area contributed by atoms with E-state index < -0.39 is 0 Å². The van der Waals surface area contributed by atoms with Crippen molar-refractivity contribution in [2.75, 3.05) is 13.2 Å². The first-order valence-electron chi connectivity index (χ1n) is 7.41. The molecule has 1 N–H and O–H groups in total. The second kappa shape index (κ2) is 8.92. The van der Waals surface area contributed by atoms with Crippen LogP contribution >= 0.6 is 0 Å². The molecule has 0 aliphatic carbocycles. The predicted molar refractivity (Wildman–Crippen MR) is 80.3 cm³/mol. The Bertz CT molecular complexity index is 352.